The number of aliphatic hydroxyl groups is 1. The van der Waals surface area contributed by atoms with Crippen LogP contribution < -0.4 is 4.74 Å². The predicted octanol–water partition coefficient (Wildman–Crippen LogP) is 9.01. The normalized spacial score (nSPS) is 31.5. The first-order valence-electron chi connectivity index (χ1n) is 22.5. The quantitative estimate of drug-likeness (QED) is 0.0323. The van der Waals surface area contributed by atoms with E-state index < -0.39 is 46.6 Å². The summed E-state index contributed by atoms with van der Waals surface area (Å²) in [7, 11) is 0. The number of benzene rings is 2. The fourth-order valence-corrected chi connectivity index (χ4v) is 12.3. The molecular formula is C50H65NO12. The maximum atomic E-state index is 14.2. The molecule has 6 rings (SSSR count). The Balaban J connectivity index is 1.16. The molecule has 2 aromatic carbocycles. The van der Waals surface area contributed by atoms with Gasteiger partial charge in [0.25, 0.3) is 5.09 Å². The third kappa shape index (κ3) is 10.3. The number of carbonyl (C=O) groups is 4. The van der Waals surface area contributed by atoms with Crippen LogP contribution in [0.15, 0.2) is 77.4 Å². The molecule has 0 bridgehead atoms. The number of nitrogens with zero attached hydrogens (tertiary/aromatic N) is 1. The van der Waals surface area contributed by atoms with E-state index in [1.807, 2.05) is 44.2 Å². The lowest BCUT2D eigenvalue weighted by atomic mass is 9.36. The van der Waals surface area contributed by atoms with Crippen LogP contribution in [0.1, 0.15) is 124 Å². The fourth-order valence-electron chi connectivity index (χ4n) is 12.3. The average molecular weight is 872 g/mol. The molecular weight excluding hydrogens is 807 g/mol. The minimum atomic E-state index is -0.844. The van der Waals surface area contributed by atoms with E-state index in [9.17, 15) is 34.4 Å². The van der Waals surface area contributed by atoms with Gasteiger partial charge in [-0.2, -0.15) is 0 Å². The number of rotatable bonds is 16. The van der Waals surface area contributed by atoms with Crippen molar-refractivity contribution in [2.75, 3.05) is 6.61 Å². The standard InChI is InChI=1S/C50H65NO12/c1-31(2)12-11-15-37(47(56)59-30-35-13-9-8-10-14-35)45-39-28-40(53)46-48(5)25-23-41(32(3)38(48)22-26-49(46,6)50(39,7)29-42(45)61-33(4)52)63-44(55)21-20-43(54)62-36-18-16-34(17-19-36)24-27-60-51(57)58/h8-10,12-14,16-19,32,38-42,46,53H,11,15,20-30H2,1-7H3/b45-37-/t32-,38?,39?,40+,41+,42-,46?,48-,49-,50-/m0/s1. The summed E-state index contributed by atoms with van der Waals surface area (Å²) in [5.41, 5.74) is 3.05. The molecule has 1 N–H and O–H groups in total. The lowest BCUT2D eigenvalue weighted by Gasteiger charge is -2.69. The van der Waals surface area contributed by atoms with Crippen molar-refractivity contribution < 1.29 is 53.2 Å². The highest BCUT2D eigenvalue weighted by Crippen LogP contribution is 2.74. The van der Waals surface area contributed by atoms with Crippen molar-refractivity contribution >= 4 is 23.9 Å². The Hall–Kier alpha value is -5.04. The Labute approximate surface area is 371 Å². The Morgan fingerprint density at radius 3 is 2.24 bits per heavy atom. The molecule has 0 aromatic heterocycles. The van der Waals surface area contributed by atoms with Gasteiger partial charge in [0.1, 0.15) is 31.2 Å². The topological polar surface area (TPSA) is 178 Å². The zero-order valence-electron chi connectivity index (χ0n) is 37.9. The SMILES string of the molecule is CC(=O)O[C@H]1C[C@@]2(C)C(C[C@@H](O)C3[C@@]4(C)CC[C@@H](OC(=O)CCC(=O)Oc5ccc(CCO[N+](=O)[O-])cc5)[C@@H](C)C4CC[C@@]32C)/C1=C(\CCC=C(C)C)C(=O)OCc1ccccc1. The third-order valence-corrected chi connectivity index (χ3v) is 15.3. The van der Waals surface area contributed by atoms with Gasteiger partial charge in [-0.1, -0.05) is 81.8 Å². The lowest BCUT2D eigenvalue weighted by Crippen LogP contribution is -2.65. The van der Waals surface area contributed by atoms with E-state index in [4.69, 9.17) is 18.9 Å². The first-order chi connectivity index (χ1) is 29.9. The molecule has 10 atom stereocenters. The zero-order chi connectivity index (χ0) is 45.7. The van der Waals surface area contributed by atoms with Crippen LogP contribution in [0.4, 0.5) is 0 Å². The number of ether oxygens (including phenoxy) is 4. The van der Waals surface area contributed by atoms with E-state index in [0.717, 1.165) is 41.5 Å². The number of fused-ring (bicyclic) bond motifs is 5. The molecule has 342 valence electrons. The van der Waals surface area contributed by atoms with Gasteiger partial charge in [0.15, 0.2) is 0 Å². The van der Waals surface area contributed by atoms with Crippen LogP contribution in [0.25, 0.3) is 0 Å². The molecule has 4 fully saturated rings. The Morgan fingerprint density at radius 1 is 0.873 bits per heavy atom. The van der Waals surface area contributed by atoms with Crippen LogP contribution in [-0.4, -0.2) is 59.0 Å². The van der Waals surface area contributed by atoms with E-state index in [1.54, 1.807) is 24.3 Å². The number of aliphatic hydroxyl groups excluding tert-OH is 1. The molecule has 0 saturated heterocycles. The van der Waals surface area contributed by atoms with E-state index in [2.05, 4.69) is 38.6 Å². The second kappa shape index (κ2) is 19.8. The lowest BCUT2D eigenvalue weighted by molar-refractivity contribution is -0.757. The molecule has 4 aliphatic carbocycles. The summed E-state index contributed by atoms with van der Waals surface area (Å²) >= 11 is 0. The average Bonchev–Trinajstić information content (AvgIpc) is 3.50. The van der Waals surface area contributed by atoms with Gasteiger partial charge in [0, 0.05) is 12.5 Å². The Bertz CT molecular complexity index is 2060. The van der Waals surface area contributed by atoms with Crippen molar-refractivity contribution in [1.82, 2.24) is 0 Å². The molecule has 0 radical (unpaired) electrons. The first kappa shape index (κ1) is 47.4. The monoisotopic (exact) mass is 871 g/mol. The van der Waals surface area contributed by atoms with Crippen molar-refractivity contribution in [3.05, 3.63) is 98.6 Å². The maximum absolute atomic E-state index is 14.2. The van der Waals surface area contributed by atoms with Crippen molar-refractivity contribution in [3.8, 4) is 5.75 Å². The predicted molar refractivity (Wildman–Crippen MR) is 233 cm³/mol. The number of hydrogen-bond acceptors (Lipinski definition) is 12. The number of esters is 4. The number of carbonyl (C=O) groups excluding carboxylic acids is 4. The van der Waals surface area contributed by atoms with E-state index in [0.29, 0.717) is 49.8 Å². The van der Waals surface area contributed by atoms with Gasteiger partial charge in [-0.15, -0.1) is 10.1 Å². The van der Waals surface area contributed by atoms with Crippen LogP contribution in [0.2, 0.25) is 0 Å². The Kier molecular flexibility index (Phi) is 14.9. The summed E-state index contributed by atoms with van der Waals surface area (Å²) in [5, 5.41) is 22.1. The Morgan fingerprint density at radius 2 is 1.57 bits per heavy atom. The minimum absolute atomic E-state index is 0.00472. The molecule has 0 spiro atoms. The molecule has 0 amide bonds. The smallest absolute Gasteiger partial charge is 0.334 e. The van der Waals surface area contributed by atoms with Crippen molar-refractivity contribution in [3.63, 3.8) is 0 Å². The van der Waals surface area contributed by atoms with E-state index in [1.165, 1.54) is 6.92 Å². The third-order valence-electron chi connectivity index (χ3n) is 15.3. The summed E-state index contributed by atoms with van der Waals surface area (Å²) in [6.07, 6.45) is 5.51. The van der Waals surface area contributed by atoms with Gasteiger partial charge in [0.2, 0.25) is 0 Å². The molecule has 13 heteroatoms. The molecule has 0 aliphatic heterocycles. The molecule has 4 saturated carbocycles. The van der Waals surface area contributed by atoms with Crippen LogP contribution in [0.3, 0.4) is 0 Å². The fraction of sp³-hybridized carbons (Fsp3) is 0.600. The van der Waals surface area contributed by atoms with E-state index in [-0.39, 0.29) is 66.7 Å². The van der Waals surface area contributed by atoms with Crippen LogP contribution >= 0.6 is 0 Å². The summed E-state index contributed by atoms with van der Waals surface area (Å²) in [4.78, 5) is 67.6. The van der Waals surface area contributed by atoms with Crippen molar-refractivity contribution in [2.45, 2.75) is 144 Å². The summed E-state index contributed by atoms with van der Waals surface area (Å²) in [6.45, 7) is 14.5. The van der Waals surface area contributed by atoms with Crippen LogP contribution in [0.5, 0.6) is 5.75 Å². The first-order valence-corrected chi connectivity index (χ1v) is 22.5. The molecule has 0 heterocycles. The van der Waals surface area contributed by atoms with Gasteiger partial charge in [-0.05, 0) is 140 Å². The highest BCUT2D eigenvalue weighted by Gasteiger charge is 2.71. The zero-order valence-corrected chi connectivity index (χ0v) is 37.9. The number of hydrogen-bond donors (Lipinski definition) is 1. The van der Waals surface area contributed by atoms with Crippen LogP contribution in [-0.2, 0) is 51.3 Å². The van der Waals surface area contributed by atoms with E-state index >= 15 is 0 Å². The molecule has 4 aliphatic rings. The van der Waals surface area contributed by atoms with Gasteiger partial charge in [-0.3, -0.25) is 14.4 Å². The molecule has 3 unspecified atom stereocenters. The second-order valence-corrected chi connectivity index (χ2v) is 19.3. The molecule has 63 heavy (non-hydrogen) atoms. The van der Waals surface area contributed by atoms with Gasteiger partial charge < -0.3 is 28.9 Å². The minimum Gasteiger partial charge on any atom is -0.462 e. The second-order valence-electron chi connectivity index (χ2n) is 19.3. The van der Waals surface area contributed by atoms with Crippen LogP contribution in [0, 0.1) is 50.0 Å². The van der Waals surface area contributed by atoms with Gasteiger partial charge in [-0.25, -0.2) is 4.79 Å². The summed E-state index contributed by atoms with van der Waals surface area (Å²) in [6, 6.07) is 16.1. The summed E-state index contributed by atoms with van der Waals surface area (Å²) < 4.78 is 23.6. The number of allylic oxidation sites excluding steroid dienone is 2. The highest BCUT2D eigenvalue weighted by atomic mass is 16.9. The van der Waals surface area contributed by atoms with Gasteiger partial charge >= 0.3 is 23.9 Å². The highest BCUT2D eigenvalue weighted by molar-refractivity contribution is 5.90. The van der Waals surface area contributed by atoms with Crippen molar-refractivity contribution in [2.24, 2.45) is 39.9 Å². The summed E-state index contributed by atoms with van der Waals surface area (Å²) in [5.74, 6) is -1.72. The van der Waals surface area contributed by atoms with Crippen molar-refractivity contribution in [1.29, 1.82) is 0 Å². The maximum Gasteiger partial charge on any atom is 0.334 e. The molecule has 2 aromatic rings. The largest absolute Gasteiger partial charge is 0.462 e. The van der Waals surface area contributed by atoms with Gasteiger partial charge in [0.05, 0.1) is 18.9 Å². The molecule has 13 nitrogen and oxygen atoms in total.